The van der Waals surface area contributed by atoms with Gasteiger partial charge in [0.25, 0.3) is 0 Å². The van der Waals surface area contributed by atoms with E-state index in [1.165, 1.54) is 40.6 Å². The molecule has 0 saturated heterocycles. The molecule has 0 bridgehead atoms. The molecule has 2 N–H and O–H groups in total. The van der Waals surface area contributed by atoms with Gasteiger partial charge in [0.2, 0.25) is 5.96 Å². The molecule has 1 aliphatic heterocycles. The van der Waals surface area contributed by atoms with E-state index in [2.05, 4.69) is 57.8 Å². The summed E-state index contributed by atoms with van der Waals surface area (Å²) < 4.78 is 4.58. The fraction of sp³-hybridized carbons (Fsp3) is 0.533. The average molecular weight is 401 g/mol. The summed E-state index contributed by atoms with van der Waals surface area (Å²) in [5, 5.41) is 3.41. The molecule has 0 spiro atoms. The lowest BCUT2D eigenvalue weighted by Gasteiger charge is -2.27. The van der Waals surface area contributed by atoms with Crippen molar-refractivity contribution in [1.29, 1.82) is 0 Å². The Morgan fingerprint density at radius 3 is 2.90 bits per heavy atom. The molecule has 0 radical (unpaired) electrons. The monoisotopic (exact) mass is 401 g/mol. The molecule has 3 rings (SSSR count). The third-order valence-electron chi connectivity index (χ3n) is 4.12. The smallest absolute Gasteiger partial charge is 0.206 e. The van der Waals surface area contributed by atoms with Crippen LogP contribution in [0.1, 0.15) is 39.0 Å². The molecule has 5 heteroatoms. The zero-order valence-corrected chi connectivity index (χ0v) is 14.6. The van der Waals surface area contributed by atoms with Crippen molar-refractivity contribution in [1.82, 2.24) is 4.72 Å². The summed E-state index contributed by atoms with van der Waals surface area (Å²) in [6.45, 7) is 2.25. The van der Waals surface area contributed by atoms with Gasteiger partial charge in [-0.3, -0.25) is 4.72 Å². The topological polar surface area (TPSA) is 36.4 Å². The lowest BCUT2D eigenvalue weighted by molar-refractivity contribution is 0.317. The molecule has 2 aliphatic rings. The van der Waals surface area contributed by atoms with Crippen LogP contribution in [0, 0.1) is 9.49 Å². The lowest BCUT2D eigenvalue weighted by Crippen LogP contribution is -2.32. The Bertz CT molecular complexity index is 512. The summed E-state index contributed by atoms with van der Waals surface area (Å²) in [6.07, 6.45) is 6.81. The van der Waals surface area contributed by atoms with Crippen LogP contribution in [-0.2, 0) is 0 Å². The van der Waals surface area contributed by atoms with Crippen LogP contribution >= 0.6 is 34.5 Å². The molecule has 0 amide bonds. The summed E-state index contributed by atoms with van der Waals surface area (Å²) in [6, 6.07) is 6.84. The zero-order valence-electron chi connectivity index (χ0n) is 11.7. The van der Waals surface area contributed by atoms with E-state index in [0.717, 1.165) is 17.6 Å². The maximum Gasteiger partial charge on any atom is 0.206 e. The van der Waals surface area contributed by atoms with E-state index in [9.17, 15) is 0 Å². The van der Waals surface area contributed by atoms with Crippen molar-refractivity contribution in [3.8, 4) is 0 Å². The minimum atomic E-state index is 0.399. The number of rotatable bonds is 2. The second kappa shape index (κ2) is 6.56. The zero-order chi connectivity index (χ0) is 13.9. The first-order valence-corrected chi connectivity index (χ1v) is 9.19. The molecule has 20 heavy (non-hydrogen) atoms. The van der Waals surface area contributed by atoms with Gasteiger partial charge in [-0.2, -0.15) is 0 Å². The number of nitrogens with one attached hydrogen (secondary N) is 2. The molecule has 1 saturated carbocycles. The molecular weight excluding hydrogens is 381 g/mol. The molecule has 1 aliphatic carbocycles. The first-order valence-electron chi connectivity index (χ1n) is 7.29. The van der Waals surface area contributed by atoms with Crippen LogP contribution in [0.5, 0.6) is 0 Å². The van der Waals surface area contributed by atoms with Gasteiger partial charge in [-0.15, -0.1) is 0 Å². The van der Waals surface area contributed by atoms with Gasteiger partial charge in [0.05, 0.1) is 16.6 Å². The Kier molecular flexibility index (Phi) is 4.75. The van der Waals surface area contributed by atoms with E-state index in [0.29, 0.717) is 6.04 Å². The van der Waals surface area contributed by atoms with Gasteiger partial charge in [-0.25, -0.2) is 4.99 Å². The molecule has 0 aromatic heterocycles. The molecule has 1 aromatic rings. The number of anilines is 1. The van der Waals surface area contributed by atoms with E-state index in [-0.39, 0.29) is 0 Å². The quantitative estimate of drug-likeness (QED) is 0.560. The second-order valence-corrected chi connectivity index (χ2v) is 7.68. The molecule has 1 heterocycles. The third kappa shape index (κ3) is 3.42. The molecule has 0 unspecified atom stereocenters. The predicted molar refractivity (Wildman–Crippen MR) is 95.2 cm³/mol. The number of guanidine groups is 1. The van der Waals surface area contributed by atoms with Crippen LogP contribution in [0.4, 0.5) is 5.69 Å². The minimum Gasteiger partial charge on any atom is -0.325 e. The largest absolute Gasteiger partial charge is 0.325 e. The van der Waals surface area contributed by atoms with Gasteiger partial charge in [-0.05, 0) is 78.4 Å². The van der Waals surface area contributed by atoms with Crippen LogP contribution < -0.4 is 10.0 Å². The van der Waals surface area contributed by atoms with Gasteiger partial charge in [0, 0.05) is 3.57 Å². The molecule has 3 nitrogen and oxygen atoms in total. The highest BCUT2D eigenvalue weighted by Gasteiger charge is 2.21. The van der Waals surface area contributed by atoms with E-state index in [4.69, 9.17) is 4.99 Å². The Hall–Kier alpha value is -0.430. The van der Waals surface area contributed by atoms with E-state index in [1.54, 1.807) is 11.9 Å². The van der Waals surface area contributed by atoms with Crippen LogP contribution in [0.3, 0.4) is 0 Å². The molecule has 1 fully saturated rings. The van der Waals surface area contributed by atoms with Crippen molar-refractivity contribution in [2.75, 3.05) is 5.32 Å². The summed E-state index contributed by atoms with van der Waals surface area (Å²) in [5.74, 6) is 1.66. The summed E-state index contributed by atoms with van der Waals surface area (Å²) in [4.78, 5) is 6.09. The predicted octanol–water partition coefficient (Wildman–Crippen LogP) is 4.64. The number of aliphatic imine (C=N–C) groups is 1. The van der Waals surface area contributed by atoms with Gasteiger partial charge >= 0.3 is 0 Å². The third-order valence-corrected chi connectivity index (χ3v) is 5.64. The maximum atomic E-state index is 4.85. The van der Waals surface area contributed by atoms with E-state index < -0.39 is 0 Å². The van der Waals surface area contributed by atoms with Crippen molar-refractivity contribution >= 4 is 46.2 Å². The lowest BCUT2D eigenvalue weighted by atomic mass is 9.85. The highest BCUT2D eigenvalue weighted by Crippen LogP contribution is 2.31. The molecular formula is C15H20IN3S. The fourth-order valence-corrected chi connectivity index (χ4v) is 4.35. The highest BCUT2D eigenvalue weighted by atomic mass is 127. The van der Waals surface area contributed by atoms with E-state index >= 15 is 0 Å². The standard InChI is InChI=1S/C15H20IN3S/c1-10(11-5-3-2-4-6-11)17-15-18-13-8-7-12(16)9-14(13)20-19-15/h7-11H,2-6H2,1H3,(H2,17,18,19)/t10-/m1/s1. The molecule has 1 atom stereocenters. The summed E-state index contributed by atoms with van der Waals surface area (Å²) in [5.41, 5.74) is 1.16. The van der Waals surface area contributed by atoms with Crippen molar-refractivity contribution in [3.63, 3.8) is 0 Å². The Morgan fingerprint density at radius 1 is 1.30 bits per heavy atom. The maximum absolute atomic E-state index is 4.85. The van der Waals surface area contributed by atoms with Crippen LogP contribution in [0.15, 0.2) is 28.1 Å². The fourth-order valence-electron chi connectivity index (χ4n) is 2.92. The van der Waals surface area contributed by atoms with Crippen LogP contribution in [-0.4, -0.2) is 12.0 Å². The van der Waals surface area contributed by atoms with Gasteiger partial charge in [0.15, 0.2) is 0 Å². The summed E-state index contributed by atoms with van der Waals surface area (Å²) in [7, 11) is 0. The highest BCUT2D eigenvalue weighted by molar-refractivity contribution is 14.1. The number of nitrogens with zero attached hydrogens (tertiary/aromatic N) is 1. The van der Waals surface area contributed by atoms with Gasteiger partial charge < -0.3 is 5.32 Å². The second-order valence-electron chi connectivity index (χ2n) is 5.59. The molecule has 108 valence electrons. The number of fused-ring (bicyclic) bond motifs is 1. The van der Waals surface area contributed by atoms with Crippen LogP contribution in [0.2, 0.25) is 0 Å². The first-order chi connectivity index (χ1) is 9.72. The SMILES string of the molecule is C[C@@H](N=C1NSc2cc(I)ccc2N1)C1CCCCC1. The normalized spacial score (nSPS) is 22.8. The Morgan fingerprint density at radius 2 is 2.10 bits per heavy atom. The Balaban J connectivity index is 1.69. The Labute approximate surface area is 138 Å². The average Bonchev–Trinajstić information content (AvgIpc) is 2.48. The van der Waals surface area contributed by atoms with Crippen molar-refractivity contribution in [2.45, 2.75) is 50.0 Å². The van der Waals surface area contributed by atoms with Gasteiger partial charge in [-0.1, -0.05) is 19.3 Å². The summed E-state index contributed by atoms with van der Waals surface area (Å²) >= 11 is 3.99. The van der Waals surface area contributed by atoms with Crippen molar-refractivity contribution in [2.24, 2.45) is 10.9 Å². The number of benzene rings is 1. The van der Waals surface area contributed by atoms with Crippen molar-refractivity contribution in [3.05, 3.63) is 21.8 Å². The van der Waals surface area contributed by atoms with Crippen molar-refractivity contribution < 1.29 is 0 Å². The van der Waals surface area contributed by atoms with Gasteiger partial charge in [0.1, 0.15) is 0 Å². The number of hydrogen-bond acceptors (Lipinski definition) is 2. The van der Waals surface area contributed by atoms with Crippen LogP contribution in [0.25, 0.3) is 0 Å². The van der Waals surface area contributed by atoms with E-state index in [1.807, 2.05) is 0 Å². The number of hydrogen-bond donors (Lipinski definition) is 2. The first kappa shape index (κ1) is 14.5. The molecule has 1 aromatic carbocycles. The minimum absolute atomic E-state index is 0.399. The number of halogens is 1.